The van der Waals surface area contributed by atoms with Gasteiger partial charge in [0.25, 0.3) is 11.8 Å². The summed E-state index contributed by atoms with van der Waals surface area (Å²) in [6.45, 7) is -0.328. The molecule has 0 saturated carbocycles. The first-order chi connectivity index (χ1) is 10.9. The van der Waals surface area contributed by atoms with E-state index >= 15 is 0 Å². The highest BCUT2D eigenvalue weighted by molar-refractivity contribution is 9.10. The molecule has 1 aromatic heterocycles. The summed E-state index contributed by atoms with van der Waals surface area (Å²) in [5, 5.41) is 9.28. The number of amides is 2. The molecule has 1 unspecified atom stereocenters. The minimum Gasteiger partial charge on any atom is -0.479 e. The van der Waals surface area contributed by atoms with Crippen molar-refractivity contribution in [3.8, 4) is 0 Å². The van der Waals surface area contributed by atoms with Crippen molar-refractivity contribution < 1.29 is 23.9 Å². The van der Waals surface area contributed by atoms with Gasteiger partial charge in [-0.1, -0.05) is 22.0 Å². The van der Waals surface area contributed by atoms with Crippen molar-refractivity contribution >= 4 is 33.7 Å². The molecule has 0 bridgehead atoms. The molecule has 1 atom stereocenters. The fraction of sp³-hybridized carbons (Fsp3) is 0.133. The minimum absolute atomic E-state index is 0.0783. The van der Waals surface area contributed by atoms with Gasteiger partial charge in [0.2, 0.25) is 6.04 Å². The van der Waals surface area contributed by atoms with E-state index in [0.717, 1.165) is 9.47 Å². The van der Waals surface area contributed by atoms with Crippen LogP contribution in [0.3, 0.4) is 0 Å². The second-order valence-electron chi connectivity index (χ2n) is 5.01. The van der Waals surface area contributed by atoms with E-state index in [0.29, 0.717) is 4.47 Å². The predicted octanol–water partition coefficient (Wildman–Crippen LogP) is 2.20. The highest BCUT2D eigenvalue weighted by Crippen LogP contribution is 2.26. The van der Waals surface area contributed by atoms with Gasteiger partial charge >= 0.3 is 5.97 Å². The smallest absolute Gasteiger partial charge is 0.336 e. The summed E-state index contributed by atoms with van der Waals surface area (Å²) in [7, 11) is 0. The van der Waals surface area contributed by atoms with Crippen LogP contribution in [0.4, 0.5) is 4.39 Å². The Labute approximate surface area is 138 Å². The molecule has 3 rings (SSSR count). The third-order valence-corrected chi connectivity index (χ3v) is 4.09. The second-order valence-corrected chi connectivity index (χ2v) is 5.92. The van der Waals surface area contributed by atoms with Crippen molar-refractivity contribution in [2.45, 2.75) is 12.6 Å². The normalized spacial score (nSPS) is 17.3. The first-order valence-electron chi connectivity index (χ1n) is 6.59. The summed E-state index contributed by atoms with van der Waals surface area (Å²) in [6.07, 6.45) is 1.36. The Morgan fingerprint density at radius 2 is 2.04 bits per heavy atom. The van der Waals surface area contributed by atoms with Crippen molar-refractivity contribution in [2.75, 3.05) is 0 Å². The molecule has 1 aromatic carbocycles. The zero-order chi connectivity index (χ0) is 16.7. The third kappa shape index (κ3) is 2.55. The van der Waals surface area contributed by atoms with E-state index in [-0.39, 0.29) is 17.8 Å². The van der Waals surface area contributed by atoms with Crippen molar-refractivity contribution in [1.82, 2.24) is 9.47 Å². The maximum atomic E-state index is 14.0. The zero-order valence-corrected chi connectivity index (χ0v) is 13.2. The van der Waals surface area contributed by atoms with Crippen molar-refractivity contribution in [1.29, 1.82) is 0 Å². The zero-order valence-electron chi connectivity index (χ0n) is 11.6. The number of rotatable bonds is 3. The lowest BCUT2D eigenvalue weighted by atomic mass is 10.1. The first-order valence-corrected chi connectivity index (χ1v) is 7.38. The van der Waals surface area contributed by atoms with Gasteiger partial charge in [-0.2, -0.15) is 0 Å². The SMILES string of the molecule is O=C(O)C1C(=O)N(Cc2ccc(Br)cc2F)C(=O)c2cccn21. The van der Waals surface area contributed by atoms with Gasteiger partial charge in [-0.3, -0.25) is 14.5 Å². The van der Waals surface area contributed by atoms with Crippen LogP contribution >= 0.6 is 15.9 Å². The van der Waals surface area contributed by atoms with E-state index < -0.39 is 29.6 Å². The summed E-state index contributed by atoms with van der Waals surface area (Å²) in [5.74, 6) is -3.51. The third-order valence-electron chi connectivity index (χ3n) is 3.60. The van der Waals surface area contributed by atoms with Gasteiger partial charge < -0.3 is 9.67 Å². The molecule has 0 fully saturated rings. The van der Waals surface area contributed by atoms with E-state index in [1.165, 1.54) is 30.5 Å². The predicted molar refractivity (Wildman–Crippen MR) is 80.1 cm³/mol. The molecule has 2 aromatic rings. The lowest BCUT2D eigenvalue weighted by Crippen LogP contribution is -2.49. The van der Waals surface area contributed by atoms with Crippen LogP contribution in [0.1, 0.15) is 22.1 Å². The van der Waals surface area contributed by atoms with Crippen LogP contribution in [-0.2, 0) is 16.1 Å². The van der Waals surface area contributed by atoms with Crippen LogP contribution in [-0.4, -0.2) is 32.4 Å². The Hall–Kier alpha value is -2.48. The molecule has 0 saturated heterocycles. The summed E-state index contributed by atoms with van der Waals surface area (Å²) in [6, 6.07) is 5.61. The van der Waals surface area contributed by atoms with Gasteiger partial charge in [-0.05, 0) is 24.3 Å². The molecule has 1 aliphatic heterocycles. The number of carboxylic acid groups (broad SMARTS) is 1. The molecule has 6 nitrogen and oxygen atoms in total. The first kappa shape index (κ1) is 15.4. The van der Waals surface area contributed by atoms with Crippen LogP contribution in [0.5, 0.6) is 0 Å². The van der Waals surface area contributed by atoms with E-state index in [4.69, 9.17) is 0 Å². The molecule has 0 spiro atoms. The Morgan fingerprint density at radius 3 is 2.70 bits per heavy atom. The average molecular weight is 381 g/mol. The Bertz CT molecular complexity index is 833. The summed E-state index contributed by atoms with van der Waals surface area (Å²) in [5.41, 5.74) is 0.202. The van der Waals surface area contributed by atoms with Crippen LogP contribution in [0.2, 0.25) is 0 Å². The number of aromatic nitrogens is 1. The van der Waals surface area contributed by atoms with Gasteiger partial charge in [0.15, 0.2) is 0 Å². The summed E-state index contributed by atoms with van der Waals surface area (Å²) >= 11 is 3.12. The summed E-state index contributed by atoms with van der Waals surface area (Å²) in [4.78, 5) is 36.9. The fourth-order valence-corrected chi connectivity index (χ4v) is 2.83. The van der Waals surface area contributed by atoms with Crippen LogP contribution < -0.4 is 0 Å². The highest BCUT2D eigenvalue weighted by atomic mass is 79.9. The van der Waals surface area contributed by atoms with Gasteiger partial charge in [-0.15, -0.1) is 0 Å². The summed E-state index contributed by atoms with van der Waals surface area (Å²) < 4.78 is 15.6. The number of hydrogen-bond donors (Lipinski definition) is 1. The van der Waals surface area contributed by atoms with Crippen molar-refractivity contribution in [3.63, 3.8) is 0 Å². The van der Waals surface area contributed by atoms with E-state index in [1.807, 2.05) is 0 Å². The molecule has 1 N–H and O–H groups in total. The van der Waals surface area contributed by atoms with Crippen molar-refractivity contribution in [3.05, 3.63) is 58.1 Å². The van der Waals surface area contributed by atoms with Gasteiger partial charge in [0.1, 0.15) is 11.5 Å². The van der Waals surface area contributed by atoms with Crippen LogP contribution in [0.25, 0.3) is 0 Å². The quantitative estimate of drug-likeness (QED) is 0.653. The number of aliphatic carboxylic acids is 1. The lowest BCUT2D eigenvalue weighted by molar-refractivity contribution is -0.149. The number of carbonyl (C=O) groups is 3. The molecule has 8 heteroatoms. The van der Waals surface area contributed by atoms with Crippen LogP contribution in [0, 0.1) is 5.82 Å². The topological polar surface area (TPSA) is 79.6 Å². The minimum atomic E-state index is -1.53. The number of imide groups is 1. The maximum Gasteiger partial charge on any atom is 0.336 e. The fourth-order valence-electron chi connectivity index (χ4n) is 2.50. The highest BCUT2D eigenvalue weighted by Gasteiger charge is 2.42. The van der Waals surface area contributed by atoms with Gasteiger partial charge in [0.05, 0.1) is 6.54 Å². The van der Waals surface area contributed by atoms with Gasteiger partial charge in [0, 0.05) is 16.2 Å². The largest absolute Gasteiger partial charge is 0.479 e. The molecule has 0 aliphatic carbocycles. The number of carbonyl (C=O) groups excluding carboxylic acids is 2. The molecule has 23 heavy (non-hydrogen) atoms. The number of fused-ring (bicyclic) bond motifs is 1. The molecule has 2 heterocycles. The van der Waals surface area contributed by atoms with Gasteiger partial charge in [-0.25, -0.2) is 9.18 Å². The Balaban J connectivity index is 2.01. The molecular formula is C15H10BrFN2O4. The molecule has 118 valence electrons. The maximum absolute atomic E-state index is 14.0. The average Bonchev–Trinajstić information content (AvgIpc) is 2.94. The van der Waals surface area contributed by atoms with Crippen LogP contribution in [0.15, 0.2) is 41.0 Å². The van der Waals surface area contributed by atoms with E-state index in [1.54, 1.807) is 6.07 Å². The standard InChI is InChI=1S/C15H10BrFN2O4/c16-9-4-3-8(10(17)6-9)7-19-13(20)11-2-1-5-18(11)12(14(19)21)15(22)23/h1-6,12H,7H2,(H,22,23). The molecule has 1 aliphatic rings. The molecule has 2 amide bonds. The second kappa shape index (κ2) is 5.62. The van der Waals surface area contributed by atoms with E-state index in [9.17, 15) is 23.9 Å². The lowest BCUT2D eigenvalue weighted by Gasteiger charge is -2.30. The molecule has 0 radical (unpaired) electrons. The number of halogens is 2. The number of hydrogen-bond acceptors (Lipinski definition) is 3. The van der Waals surface area contributed by atoms with E-state index in [2.05, 4.69) is 15.9 Å². The Kier molecular flexibility index (Phi) is 3.77. The van der Waals surface area contributed by atoms with Crippen molar-refractivity contribution in [2.24, 2.45) is 0 Å². The number of nitrogens with zero attached hydrogens (tertiary/aromatic N) is 2. The Morgan fingerprint density at radius 1 is 1.30 bits per heavy atom. The number of carboxylic acids is 1. The monoisotopic (exact) mass is 380 g/mol. The molecular weight excluding hydrogens is 371 g/mol. The number of benzene rings is 1.